The first kappa shape index (κ1) is 20.8. The van der Waals surface area contributed by atoms with Crippen LogP contribution in [-0.2, 0) is 16.1 Å². The Morgan fingerprint density at radius 1 is 1.26 bits per heavy atom. The van der Waals surface area contributed by atoms with Gasteiger partial charge in [-0.2, -0.15) is 5.10 Å². The number of pyridine rings is 1. The molecule has 0 amide bonds. The van der Waals surface area contributed by atoms with Crippen molar-refractivity contribution in [3.05, 3.63) is 65.9 Å². The zero-order valence-electron chi connectivity index (χ0n) is 17.5. The predicted octanol–water partition coefficient (Wildman–Crippen LogP) is 4.05. The van der Waals surface area contributed by atoms with Gasteiger partial charge in [-0.25, -0.2) is 14.1 Å². The highest BCUT2D eigenvalue weighted by atomic mass is 19.1. The number of methoxy groups -OCH3 is 2. The molecular formula is C23H24FN3O4. The molecule has 0 unspecified atom stereocenters. The van der Waals surface area contributed by atoms with Crippen molar-refractivity contribution in [2.24, 2.45) is 5.92 Å². The van der Waals surface area contributed by atoms with Crippen molar-refractivity contribution < 1.29 is 23.4 Å². The highest BCUT2D eigenvalue weighted by Gasteiger charge is 2.34. The molecule has 2 heterocycles. The number of hydrogen-bond donors (Lipinski definition) is 0. The Labute approximate surface area is 179 Å². The molecule has 0 aliphatic heterocycles. The molecule has 8 heteroatoms. The lowest BCUT2D eigenvalue weighted by atomic mass is 9.91. The number of rotatable bonds is 9. The summed E-state index contributed by atoms with van der Waals surface area (Å²) in [4.78, 5) is 15.6. The molecule has 1 aromatic carbocycles. The van der Waals surface area contributed by atoms with Crippen LogP contribution in [0.25, 0.3) is 5.69 Å². The van der Waals surface area contributed by atoms with Crippen molar-refractivity contribution in [2.45, 2.75) is 31.8 Å². The van der Waals surface area contributed by atoms with E-state index in [9.17, 15) is 9.18 Å². The van der Waals surface area contributed by atoms with Gasteiger partial charge in [0, 0.05) is 17.8 Å². The number of benzene rings is 1. The Bertz CT molecular complexity index is 1060. The molecule has 3 aromatic rings. The summed E-state index contributed by atoms with van der Waals surface area (Å²) < 4.78 is 31.4. The first-order chi connectivity index (χ1) is 15.1. The lowest BCUT2D eigenvalue weighted by Crippen LogP contribution is -2.10. The third-order valence-electron chi connectivity index (χ3n) is 5.40. The average molecular weight is 425 g/mol. The predicted molar refractivity (Wildman–Crippen MR) is 111 cm³/mol. The van der Waals surface area contributed by atoms with Crippen LogP contribution in [0.5, 0.6) is 11.6 Å². The van der Waals surface area contributed by atoms with Crippen molar-refractivity contribution in [1.29, 1.82) is 0 Å². The molecule has 0 radical (unpaired) electrons. The van der Waals surface area contributed by atoms with Gasteiger partial charge in [-0.3, -0.25) is 4.79 Å². The fourth-order valence-corrected chi connectivity index (χ4v) is 3.58. The quantitative estimate of drug-likeness (QED) is 0.482. The summed E-state index contributed by atoms with van der Waals surface area (Å²) in [7, 11) is 2.89. The van der Waals surface area contributed by atoms with Crippen LogP contribution >= 0.6 is 0 Å². The van der Waals surface area contributed by atoms with E-state index in [0.29, 0.717) is 24.0 Å². The van der Waals surface area contributed by atoms with Gasteiger partial charge in [0.15, 0.2) is 5.82 Å². The van der Waals surface area contributed by atoms with Crippen LogP contribution in [-0.4, -0.2) is 35.0 Å². The number of halogens is 1. The second-order valence-corrected chi connectivity index (χ2v) is 7.56. The molecule has 0 saturated heterocycles. The van der Waals surface area contributed by atoms with Crippen LogP contribution in [0, 0.1) is 11.7 Å². The Kier molecular flexibility index (Phi) is 6.16. The zero-order valence-corrected chi connectivity index (χ0v) is 17.5. The minimum Gasteiger partial charge on any atom is -0.489 e. The van der Waals surface area contributed by atoms with E-state index >= 15 is 0 Å². The summed E-state index contributed by atoms with van der Waals surface area (Å²) in [5.74, 6) is 0.968. The number of nitrogens with zero attached hydrogens (tertiary/aromatic N) is 3. The fourth-order valence-electron chi connectivity index (χ4n) is 3.58. The maximum Gasteiger partial charge on any atom is 0.306 e. The van der Waals surface area contributed by atoms with E-state index in [2.05, 4.69) is 10.1 Å². The van der Waals surface area contributed by atoms with E-state index in [0.717, 1.165) is 30.2 Å². The summed E-state index contributed by atoms with van der Waals surface area (Å²) in [6, 6.07) is 9.29. The number of carbonyl (C=O) groups is 1. The van der Waals surface area contributed by atoms with E-state index in [1.807, 2.05) is 24.3 Å². The molecule has 0 N–H and O–H groups in total. The topological polar surface area (TPSA) is 75.5 Å². The molecule has 7 nitrogen and oxygen atoms in total. The van der Waals surface area contributed by atoms with Crippen LogP contribution in [0.3, 0.4) is 0 Å². The van der Waals surface area contributed by atoms with Crippen LogP contribution in [0.15, 0.2) is 48.9 Å². The molecule has 162 valence electrons. The summed E-state index contributed by atoms with van der Waals surface area (Å²) in [5.41, 5.74) is 2.11. The van der Waals surface area contributed by atoms with Gasteiger partial charge in [0.2, 0.25) is 5.88 Å². The van der Waals surface area contributed by atoms with Gasteiger partial charge in [-0.15, -0.1) is 0 Å². The van der Waals surface area contributed by atoms with Crippen molar-refractivity contribution >= 4 is 5.97 Å². The van der Waals surface area contributed by atoms with Crippen LogP contribution in [0.1, 0.15) is 36.3 Å². The summed E-state index contributed by atoms with van der Waals surface area (Å²) in [6.45, 7) is 0.276. The lowest BCUT2D eigenvalue weighted by molar-refractivity contribution is -0.141. The SMILES string of the molecule is COC(=O)C[C@H](c1cccc(OCc2cnn(-c3cc(OC)ncc3F)c2)c1)C1CC1. The molecule has 4 rings (SSSR count). The molecule has 2 aromatic heterocycles. The molecule has 31 heavy (non-hydrogen) atoms. The minimum absolute atomic E-state index is 0.142. The van der Waals surface area contributed by atoms with Crippen LogP contribution in [0.4, 0.5) is 4.39 Å². The Balaban J connectivity index is 1.45. The van der Waals surface area contributed by atoms with Crippen molar-refractivity contribution in [1.82, 2.24) is 14.8 Å². The number of ether oxygens (including phenoxy) is 3. The molecule has 1 atom stereocenters. The van der Waals surface area contributed by atoms with Crippen LogP contribution < -0.4 is 9.47 Å². The second kappa shape index (κ2) is 9.16. The van der Waals surface area contributed by atoms with E-state index in [-0.39, 0.29) is 24.2 Å². The Morgan fingerprint density at radius 3 is 2.84 bits per heavy atom. The van der Waals surface area contributed by atoms with Crippen LogP contribution in [0.2, 0.25) is 0 Å². The monoisotopic (exact) mass is 425 g/mol. The summed E-state index contributed by atoms with van der Waals surface area (Å²) >= 11 is 0. The zero-order chi connectivity index (χ0) is 21.8. The smallest absolute Gasteiger partial charge is 0.306 e. The Morgan fingerprint density at radius 2 is 2.10 bits per heavy atom. The number of esters is 1. The molecule has 0 bridgehead atoms. The molecule has 1 aliphatic rings. The third kappa shape index (κ3) is 5.02. The lowest BCUT2D eigenvalue weighted by Gasteiger charge is -2.16. The number of aromatic nitrogens is 3. The summed E-state index contributed by atoms with van der Waals surface area (Å²) in [6.07, 6.45) is 7.05. The maximum absolute atomic E-state index is 14.1. The van der Waals surface area contributed by atoms with Gasteiger partial charge in [-0.05, 0) is 42.4 Å². The Hall–Kier alpha value is -3.42. The van der Waals surface area contributed by atoms with Gasteiger partial charge in [0.05, 0.1) is 33.0 Å². The first-order valence-electron chi connectivity index (χ1n) is 10.1. The highest BCUT2D eigenvalue weighted by molar-refractivity contribution is 5.70. The van der Waals surface area contributed by atoms with E-state index in [1.165, 1.54) is 25.0 Å². The third-order valence-corrected chi connectivity index (χ3v) is 5.40. The second-order valence-electron chi connectivity index (χ2n) is 7.56. The number of carbonyl (C=O) groups excluding carboxylic acids is 1. The van der Waals surface area contributed by atoms with Gasteiger partial charge in [0.25, 0.3) is 0 Å². The standard InChI is InChI=1S/C23H24FN3O4/c1-29-22-10-21(20(24)12-25-22)27-13-15(11-26-27)14-31-18-5-3-4-17(8-18)19(16-6-7-16)9-23(28)30-2/h3-5,8,10-13,16,19H,6-7,9,14H2,1-2H3/t19-/m0/s1. The molecule has 1 fully saturated rings. The van der Waals surface area contributed by atoms with Crippen molar-refractivity contribution in [3.63, 3.8) is 0 Å². The van der Waals surface area contributed by atoms with Gasteiger partial charge >= 0.3 is 5.97 Å². The first-order valence-corrected chi connectivity index (χ1v) is 10.1. The van der Waals surface area contributed by atoms with Crippen molar-refractivity contribution in [2.75, 3.05) is 14.2 Å². The molecule has 1 saturated carbocycles. The molecular weight excluding hydrogens is 401 g/mol. The minimum atomic E-state index is -0.499. The van der Waals surface area contributed by atoms with Gasteiger partial charge in [-0.1, -0.05) is 12.1 Å². The van der Waals surface area contributed by atoms with E-state index in [4.69, 9.17) is 14.2 Å². The van der Waals surface area contributed by atoms with Crippen molar-refractivity contribution in [3.8, 4) is 17.3 Å². The molecule has 1 aliphatic carbocycles. The average Bonchev–Trinajstić information content (AvgIpc) is 3.53. The fraction of sp³-hybridized carbons (Fsp3) is 0.348. The number of hydrogen-bond acceptors (Lipinski definition) is 6. The van der Waals surface area contributed by atoms with Gasteiger partial charge in [0.1, 0.15) is 18.0 Å². The summed E-state index contributed by atoms with van der Waals surface area (Å²) in [5, 5.41) is 4.22. The maximum atomic E-state index is 14.1. The highest BCUT2D eigenvalue weighted by Crippen LogP contribution is 2.45. The normalized spacial score (nSPS) is 14.2. The van der Waals surface area contributed by atoms with Gasteiger partial charge < -0.3 is 14.2 Å². The van der Waals surface area contributed by atoms with E-state index < -0.39 is 5.82 Å². The molecule has 0 spiro atoms. The largest absolute Gasteiger partial charge is 0.489 e. The van der Waals surface area contributed by atoms with E-state index in [1.54, 1.807) is 12.4 Å².